The summed E-state index contributed by atoms with van der Waals surface area (Å²) in [5, 5.41) is 2.99. The van der Waals surface area contributed by atoms with Crippen LogP contribution in [0.2, 0.25) is 0 Å². The van der Waals surface area contributed by atoms with Crippen molar-refractivity contribution in [3.8, 4) is 0 Å². The Bertz CT molecular complexity index is 422. The topological polar surface area (TPSA) is 45.2 Å². The van der Waals surface area contributed by atoms with Crippen LogP contribution in [0.15, 0.2) is 5.51 Å². The van der Waals surface area contributed by atoms with Gasteiger partial charge < -0.3 is 10.2 Å². The van der Waals surface area contributed by atoms with E-state index in [0.29, 0.717) is 0 Å². The summed E-state index contributed by atoms with van der Waals surface area (Å²) in [6.45, 7) is 10.5. The third kappa shape index (κ3) is 4.01. The van der Waals surface area contributed by atoms with E-state index in [9.17, 15) is 4.79 Å². The van der Waals surface area contributed by atoms with Gasteiger partial charge in [-0.1, -0.05) is 13.8 Å². The van der Waals surface area contributed by atoms with Crippen molar-refractivity contribution in [2.24, 2.45) is 11.8 Å². The SMILES string of the molecule is Cc1ncsc1C(=O)NCCN1C[C@@H](C)C[C@H](C)C1. The highest BCUT2D eigenvalue weighted by Crippen LogP contribution is 2.20. The van der Waals surface area contributed by atoms with Crippen LogP contribution in [-0.4, -0.2) is 42.0 Å². The number of likely N-dealkylation sites (tertiary alicyclic amines) is 1. The van der Waals surface area contributed by atoms with Crippen LogP contribution in [0.3, 0.4) is 0 Å². The number of aromatic nitrogens is 1. The van der Waals surface area contributed by atoms with Crippen LogP contribution in [0.4, 0.5) is 0 Å². The van der Waals surface area contributed by atoms with Gasteiger partial charge in [0.15, 0.2) is 0 Å². The monoisotopic (exact) mass is 281 g/mol. The number of thiazole rings is 1. The Balaban J connectivity index is 1.75. The predicted octanol–water partition coefficient (Wildman–Crippen LogP) is 2.16. The zero-order valence-corrected chi connectivity index (χ0v) is 12.8. The zero-order valence-electron chi connectivity index (χ0n) is 12.0. The third-order valence-corrected chi connectivity index (χ3v) is 4.54. The quantitative estimate of drug-likeness (QED) is 0.920. The molecule has 2 heterocycles. The number of amides is 1. The number of hydrogen-bond acceptors (Lipinski definition) is 4. The summed E-state index contributed by atoms with van der Waals surface area (Å²) in [5.41, 5.74) is 2.54. The summed E-state index contributed by atoms with van der Waals surface area (Å²) in [7, 11) is 0. The van der Waals surface area contributed by atoms with E-state index in [4.69, 9.17) is 0 Å². The fourth-order valence-electron chi connectivity index (χ4n) is 2.90. The molecular weight excluding hydrogens is 258 g/mol. The van der Waals surface area contributed by atoms with Gasteiger partial charge in [0.05, 0.1) is 11.2 Å². The summed E-state index contributed by atoms with van der Waals surface area (Å²) in [5.74, 6) is 1.55. The zero-order chi connectivity index (χ0) is 13.8. The Kier molecular flexibility index (Phi) is 4.93. The lowest BCUT2D eigenvalue weighted by molar-refractivity contribution is 0.0940. The average Bonchev–Trinajstić information content (AvgIpc) is 2.74. The lowest BCUT2D eigenvalue weighted by atomic mass is 9.92. The highest BCUT2D eigenvalue weighted by molar-refractivity contribution is 7.11. The van der Waals surface area contributed by atoms with Gasteiger partial charge in [0.2, 0.25) is 0 Å². The van der Waals surface area contributed by atoms with E-state index in [0.717, 1.165) is 48.6 Å². The van der Waals surface area contributed by atoms with Crippen molar-refractivity contribution in [2.45, 2.75) is 27.2 Å². The molecule has 1 aliphatic rings. The number of nitrogens with one attached hydrogen (secondary N) is 1. The van der Waals surface area contributed by atoms with Crippen molar-refractivity contribution in [3.63, 3.8) is 0 Å². The van der Waals surface area contributed by atoms with E-state index in [2.05, 4.69) is 29.0 Å². The highest BCUT2D eigenvalue weighted by atomic mass is 32.1. The first-order chi connectivity index (χ1) is 9.06. The van der Waals surface area contributed by atoms with Crippen LogP contribution in [0.25, 0.3) is 0 Å². The van der Waals surface area contributed by atoms with E-state index in [1.165, 1.54) is 17.8 Å². The molecule has 0 unspecified atom stereocenters. The Hall–Kier alpha value is -0.940. The summed E-state index contributed by atoms with van der Waals surface area (Å²) >= 11 is 1.41. The smallest absolute Gasteiger partial charge is 0.263 e. The normalized spacial score (nSPS) is 24.4. The molecule has 1 N–H and O–H groups in total. The Morgan fingerprint density at radius 3 is 2.74 bits per heavy atom. The molecule has 2 atom stereocenters. The molecule has 0 spiro atoms. The minimum atomic E-state index is 0.0121. The van der Waals surface area contributed by atoms with Gasteiger partial charge in [-0.3, -0.25) is 4.79 Å². The number of piperidine rings is 1. The van der Waals surface area contributed by atoms with Crippen molar-refractivity contribution >= 4 is 17.2 Å². The first-order valence-electron chi connectivity index (χ1n) is 6.97. The van der Waals surface area contributed by atoms with E-state index in [-0.39, 0.29) is 5.91 Å². The standard InChI is InChI=1S/C14H23N3OS/c1-10-6-11(2)8-17(7-10)5-4-15-14(18)13-12(3)16-9-19-13/h9-11H,4-8H2,1-3H3,(H,15,18)/t10-,11-/m0/s1. The highest BCUT2D eigenvalue weighted by Gasteiger charge is 2.21. The summed E-state index contributed by atoms with van der Waals surface area (Å²) in [6.07, 6.45) is 1.32. The van der Waals surface area contributed by atoms with Crippen LogP contribution in [0, 0.1) is 18.8 Å². The molecular formula is C14H23N3OS. The van der Waals surface area contributed by atoms with Gasteiger partial charge in [-0.2, -0.15) is 0 Å². The summed E-state index contributed by atoms with van der Waals surface area (Å²) in [6, 6.07) is 0. The first-order valence-corrected chi connectivity index (χ1v) is 7.85. The minimum absolute atomic E-state index is 0.0121. The van der Waals surface area contributed by atoms with Gasteiger partial charge in [-0.05, 0) is 25.2 Å². The lowest BCUT2D eigenvalue weighted by Gasteiger charge is -2.34. The molecule has 0 aliphatic carbocycles. The maximum Gasteiger partial charge on any atom is 0.263 e. The second-order valence-corrected chi connectivity index (χ2v) is 6.58. The van der Waals surface area contributed by atoms with E-state index < -0.39 is 0 Å². The molecule has 1 fully saturated rings. The minimum Gasteiger partial charge on any atom is -0.350 e. The fraction of sp³-hybridized carbons (Fsp3) is 0.714. The molecule has 19 heavy (non-hydrogen) atoms. The summed E-state index contributed by atoms with van der Waals surface area (Å²) < 4.78 is 0. The number of nitrogens with zero attached hydrogens (tertiary/aromatic N) is 2. The molecule has 5 heteroatoms. The average molecular weight is 281 g/mol. The maximum absolute atomic E-state index is 11.9. The van der Waals surface area contributed by atoms with Crippen LogP contribution >= 0.6 is 11.3 Å². The summed E-state index contributed by atoms with van der Waals surface area (Å²) in [4.78, 5) is 19.2. The van der Waals surface area contributed by atoms with Gasteiger partial charge >= 0.3 is 0 Å². The molecule has 0 bridgehead atoms. The third-order valence-electron chi connectivity index (χ3n) is 3.61. The van der Waals surface area contributed by atoms with E-state index in [1.807, 2.05) is 6.92 Å². The lowest BCUT2D eigenvalue weighted by Crippen LogP contribution is -2.42. The van der Waals surface area contributed by atoms with Gasteiger partial charge in [0.25, 0.3) is 5.91 Å². The van der Waals surface area contributed by atoms with Gasteiger partial charge in [0.1, 0.15) is 4.88 Å². The van der Waals surface area contributed by atoms with E-state index in [1.54, 1.807) is 5.51 Å². The van der Waals surface area contributed by atoms with Crippen molar-refractivity contribution in [3.05, 3.63) is 16.1 Å². The van der Waals surface area contributed by atoms with Crippen LogP contribution < -0.4 is 5.32 Å². The van der Waals surface area contributed by atoms with Crippen LogP contribution in [0.5, 0.6) is 0 Å². The van der Waals surface area contributed by atoms with Crippen LogP contribution in [-0.2, 0) is 0 Å². The molecule has 106 valence electrons. The Labute approximate surface area is 119 Å². The number of carbonyl (C=O) groups is 1. The van der Waals surface area contributed by atoms with Gasteiger partial charge in [-0.15, -0.1) is 11.3 Å². The second kappa shape index (κ2) is 6.48. The molecule has 0 radical (unpaired) electrons. The molecule has 1 aliphatic heterocycles. The molecule has 1 aromatic heterocycles. The fourth-order valence-corrected chi connectivity index (χ4v) is 3.62. The van der Waals surface area contributed by atoms with Crippen molar-refractivity contribution in [2.75, 3.05) is 26.2 Å². The van der Waals surface area contributed by atoms with Gasteiger partial charge in [-0.25, -0.2) is 4.98 Å². The first kappa shape index (κ1) is 14.5. The van der Waals surface area contributed by atoms with Crippen LogP contribution in [0.1, 0.15) is 35.6 Å². The Morgan fingerprint density at radius 1 is 1.47 bits per heavy atom. The van der Waals surface area contributed by atoms with E-state index >= 15 is 0 Å². The number of rotatable bonds is 4. The molecule has 0 aromatic carbocycles. The largest absolute Gasteiger partial charge is 0.350 e. The number of aryl methyl sites for hydroxylation is 1. The molecule has 2 rings (SSSR count). The number of carbonyl (C=O) groups excluding carboxylic acids is 1. The number of hydrogen-bond donors (Lipinski definition) is 1. The van der Waals surface area contributed by atoms with Crippen molar-refractivity contribution in [1.82, 2.24) is 15.2 Å². The molecule has 1 aromatic rings. The van der Waals surface area contributed by atoms with Crippen molar-refractivity contribution < 1.29 is 4.79 Å². The Morgan fingerprint density at radius 2 is 2.16 bits per heavy atom. The molecule has 1 amide bonds. The molecule has 4 nitrogen and oxygen atoms in total. The van der Waals surface area contributed by atoms with Crippen molar-refractivity contribution in [1.29, 1.82) is 0 Å². The predicted molar refractivity (Wildman–Crippen MR) is 78.6 cm³/mol. The maximum atomic E-state index is 11.9. The molecule has 1 saturated heterocycles. The van der Waals surface area contributed by atoms with Gasteiger partial charge in [0, 0.05) is 26.2 Å². The second-order valence-electron chi connectivity index (χ2n) is 5.73. The molecule has 0 saturated carbocycles.